The summed E-state index contributed by atoms with van der Waals surface area (Å²) in [6, 6.07) is 11.2. The van der Waals surface area contributed by atoms with Gasteiger partial charge in [-0.15, -0.1) is 11.3 Å². The minimum atomic E-state index is 0.00199. The number of ether oxygens (including phenoxy) is 2. The van der Waals surface area contributed by atoms with Crippen LogP contribution in [0.15, 0.2) is 41.8 Å². The van der Waals surface area contributed by atoms with E-state index < -0.39 is 0 Å². The summed E-state index contributed by atoms with van der Waals surface area (Å²) < 4.78 is 10.5. The van der Waals surface area contributed by atoms with E-state index >= 15 is 0 Å². The van der Waals surface area contributed by atoms with Crippen LogP contribution in [0, 0.1) is 0 Å². The van der Waals surface area contributed by atoms with Crippen molar-refractivity contribution in [1.82, 2.24) is 0 Å². The predicted molar refractivity (Wildman–Crippen MR) is 71.3 cm³/mol. The molecule has 0 bridgehead atoms. The molecule has 94 valence electrons. The maximum atomic E-state index is 11.8. The summed E-state index contributed by atoms with van der Waals surface area (Å²) in [6.45, 7) is 0.604. The largest absolute Gasteiger partial charge is 0.485 e. The summed E-state index contributed by atoms with van der Waals surface area (Å²) in [7, 11) is 1.65. The summed E-state index contributed by atoms with van der Waals surface area (Å²) in [5.74, 6) is 0.691. The molecule has 0 spiro atoms. The zero-order chi connectivity index (χ0) is 12.8. The van der Waals surface area contributed by atoms with Gasteiger partial charge < -0.3 is 9.47 Å². The fourth-order valence-electron chi connectivity index (χ4n) is 1.55. The SMILES string of the molecule is COCc1cccc(OCC(=O)c2cccs2)c1. The fourth-order valence-corrected chi connectivity index (χ4v) is 2.20. The van der Waals surface area contributed by atoms with Crippen molar-refractivity contribution in [2.75, 3.05) is 13.7 Å². The quantitative estimate of drug-likeness (QED) is 0.750. The number of benzene rings is 1. The normalized spacial score (nSPS) is 10.3. The van der Waals surface area contributed by atoms with Gasteiger partial charge in [-0.3, -0.25) is 4.79 Å². The lowest BCUT2D eigenvalue weighted by atomic mass is 10.2. The first-order chi connectivity index (χ1) is 8.79. The summed E-state index contributed by atoms with van der Waals surface area (Å²) in [6.07, 6.45) is 0. The minimum absolute atomic E-state index is 0.00199. The van der Waals surface area contributed by atoms with Gasteiger partial charge in [-0.1, -0.05) is 18.2 Å². The van der Waals surface area contributed by atoms with Crippen LogP contribution >= 0.6 is 11.3 Å². The van der Waals surface area contributed by atoms with Crippen molar-refractivity contribution >= 4 is 17.1 Å². The van der Waals surface area contributed by atoms with E-state index in [4.69, 9.17) is 9.47 Å². The van der Waals surface area contributed by atoms with E-state index in [1.165, 1.54) is 11.3 Å². The second-order valence-corrected chi connectivity index (χ2v) is 4.72. The third-order valence-corrected chi connectivity index (χ3v) is 3.29. The van der Waals surface area contributed by atoms with Gasteiger partial charge in [0.05, 0.1) is 11.5 Å². The second kappa shape index (κ2) is 6.33. The summed E-state index contributed by atoms with van der Waals surface area (Å²) in [4.78, 5) is 12.5. The molecule has 1 aromatic heterocycles. The third kappa shape index (κ3) is 3.42. The second-order valence-electron chi connectivity index (χ2n) is 3.77. The molecule has 0 unspecified atom stereocenters. The van der Waals surface area contributed by atoms with Crippen LogP contribution in [0.2, 0.25) is 0 Å². The number of ketones is 1. The summed E-state index contributed by atoms with van der Waals surface area (Å²) in [5.41, 5.74) is 1.03. The van der Waals surface area contributed by atoms with Crippen LogP contribution in [-0.4, -0.2) is 19.5 Å². The highest BCUT2D eigenvalue weighted by molar-refractivity contribution is 7.12. The molecule has 0 N–H and O–H groups in total. The lowest BCUT2D eigenvalue weighted by Crippen LogP contribution is -2.10. The van der Waals surface area contributed by atoms with E-state index in [0.29, 0.717) is 12.4 Å². The molecule has 1 heterocycles. The van der Waals surface area contributed by atoms with Crippen molar-refractivity contribution in [3.05, 3.63) is 52.2 Å². The highest BCUT2D eigenvalue weighted by Crippen LogP contribution is 2.15. The molecule has 0 aliphatic carbocycles. The molecule has 0 aliphatic rings. The topological polar surface area (TPSA) is 35.5 Å². The monoisotopic (exact) mass is 262 g/mol. The number of rotatable bonds is 6. The lowest BCUT2D eigenvalue weighted by molar-refractivity contribution is 0.0925. The Morgan fingerprint density at radius 2 is 2.17 bits per heavy atom. The average Bonchev–Trinajstić information content (AvgIpc) is 2.91. The molecule has 2 rings (SSSR count). The van der Waals surface area contributed by atoms with Crippen molar-refractivity contribution in [2.24, 2.45) is 0 Å². The van der Waals surface area contributed by atoms with E-state index in [1.807, 2.05) is 35.7 Å². The van der Waals surface area contributed by atoms with Crippen LogP contribution in [0.4, 0.5) is 0 Å². The van der Waals surface area contributed by atoms with Gasteiger partial charge in [-0.2, -0.15) is 0 Å². The van der Waals surface area contributed by atoms with Gasteiger partial charge in [0, 0.05) is 7.11 Å². The zero-order valence-corrected chi connectivity index (χ0v) is 10.9. The highest BCUT2D eigenvalue weighted by Gasteiger charge is 2.07. The molecule has 3 nitrogen and oxygen atoms in total. The van der Waals surface area contributed by atoms with Gasteiger partial charge in [0.2, 0.25) is 5.78 Å². The van der Waals surface area contributed by atoms with E-state index in [9.17, 15) is 4.79 Å². The van der Waals surface area contributed by atoms with Crippen LogP contribution in [-0.2, 0) is 11.3 Å². The maximum Gasteiger partial charge on any atom is 0.210 e. The summed E-state index contributed by atoms with van der Waals surface area (Å²) >= 11 is 1.43. The number of hydrogen-bond acceptors (Lipinski definition) is 4. The van der Waals surface area contributed by atoms with Crippen LogP contribution in [0.1, 0.15) is 15.2 Å². The van der Waals surface area contributed by atoms with E-state index in [2.05, 4.69) is 0 Å². The van der Waals surface area contributed by atoms with Gasteiger partial charge in [-0.25, -0.2) is 0 Å². The molecule has 1 aromatic carbocycles. The number of carbonyl (C=O) groups is 1. The number of methoxy groups -OCH3 is 1. The molecule has 2 aromatic rings. The number of carbonyl (C=O) groups excluding carboxylic acids is 1. The summed E-state index contributed by atoms with van der Waals surface area (Å²) in [5, 5.41) is 1.88. The third-order valence-electron chi connectivity index (χ3n) is 2.38. The van der Waals surface area contributed by atoms with E-state index in [1.54, 1.807) is 13.2 Å². The zero-order valence-electron chi connectivity index (χ0n) is 10.1. The van der Waals surface area contributed by atoms with Gasteiger partial charge in [0.15, 0.2) is 6.61 Å². The Bertz CT molecular complexity index is 506. The Hall–Kier alpha value is -1.65. The van der Waals surface area contributed by atoms with Gasteiger partial charge in [-0.05, 0) is 29.1 Å². The first-order valence-electron chi connectivity index (χ1n) is 5.57. The van der Waals surface area contributed by atoms with Gasteiger partial charge in [0.25, 0.3) is 0 Å². The number of Topliss-reactive ketones (excluding diaryl/α,β-unsaturated/α-hetero) is 1. The van der Waals surface area contributed by atoms with Crippen molar-refractivity contribution in [3.8, 4) is 5.75 Å². The van der Waals surface area contributed by atoms with Crippen molar-refractivity contribution in [2.45, 2.75) is 6.61 Å². The maximum absolute atomic E-state index is 11.8. The molecule has 0 atom stereocenters. The van der Waals surface area contributed by atoms with Crippen LogP contribution < -0.4 is 4.74 Å². The van der Waals surface area contributed by atoms with Crippen LogP contribution in [0.3, 0.4) is 0 Å². The Balaban J connectivity index is 1.93. The van der Waals surface area contributed by atoms with Crippen LogP contribution in [0.5, 0.6) is 5.75 Å². The Kier molecular flexibility index (Phi) is 4.50. The number of thiophene rings is 1. The van der Waals surface area contributed by atoms with E-state index in [-0.39, 0.29) is 12.4 Å². The molecule has 0 radical (unpaired) electrons. The minimum Gasteiger partial charge on any atom is -0.485 e. The highest BCUT2D eigenvalue weighted by atomic mass is 32.1. The Morgan fingerprint density at radius 3 is 2.89 bits per heavy atom. The molecule has 0 amide bonds. The smallest absolute Gasteiger partial charge is 0.210 e. The molecular formula is C14H14O3S. The van der Waals surface area contributed by atoms with Crippen molar-refractivity contribution in [1.29, 1.82) is 0 Å². The van der Waals surface area contributed by atoms with Crippen molar-refractivity contribution < 1.29 is 14.3 Å². The molecule has 0 aliphatic heterocycles. The molecule has 4 heteroatoms. The number of hydrogen-bond donors (Lipinski definition) is 0. The first-order valence-corrected chi connectivity index (χ1v) is 6.45. The molecular weight excluding hydrogens is 248 g/mol. The average molecular weight is 262 g/mol. The Morgan fingerprint density at radius 1 is 1.28 bits per heavy atom. The van der Waals surface area contributed by atoms with Crippen LogP contribution in [0.25, 0.3) is 0 Å². The lowest BCUT2D eigenvalue weighted by Gasteiger charge is -2.06. The fraction of sp³-hybridized carbons (Fsp3) is 0.214. The first kappa shape index (κ1) is 12.8. The van der Waals surface area contributed by atoms with Gasteiger partial charge in [0.1, 0.15) is 5.75 Å². The molecule has 0 saturated heterocycles. The van der Waals surface area contributed by atoms with Crippen molar-refractivity contribution in [3.63, 3.8) is 0 Å². The van der Waals surface area contributed by atoms with Gasteiger partial charge >= 0.3 is 0 Å². The van der Waals surface area contributed by atoms with E-state index in [0.717, 1.165) is 10.4 Å². The standard InChI is InChI=1S/C14H14O3S/c1-16-9-11-4-2-5-12(8-11)17-10-13(15)14-6-3-7-18-14/h2-8H,9-10H2,1H3. The molecule has 0 saturated carbocycles. The molecule has 18 heavy (non-hydrogen) atoms. The predicted octanol–water partition coefficient (Wildman–Crippen LogP) is 3.16. The molecule has 0 fully saturated rings. The Labute approximate surface area is 110 Å².